The van der Waals surface area contributed by atoms with Crippen LogP contribution in [0.2, 0.25) is 0 Å². The van der Waals surface area contributed by atoms with E-state index in [2.05, 4.69) is 0 Å². The Balaban J connectivity index is 2.50. The largest absolute Gasteiger partial charge is 0.467 e. The van der Waals surface area contributed by atoms with E-state index in [1.54, 1.807) is 24.3 Å². The Hall–Kier alpha value is -1.29. The zero-order valence-electron chi connectivity index (χ0n) is 8.56. The fourth-order valence-electron chi connectivity index (χ4n) is 1.19. The highest BCUT2D eigenvalue weighted by molar-refractivity contribution is 5.78. The summed E-state index contributed by atoms with van der Waals surface area (Å²) in [4.78, 5) is 13.2. The standard InChI is InChI=1S/C10H16N2O2/c1-8(6-11)10(13)12(2)7-9-4-3-5-14-9/h3-5,8H,6-7,11H2,1-2H3. The first-order valence-electron chi connectivity index (χ1n) is 4.62. The van der Waals surface area contributed by atoms with Gasteiger partial charge < -0.3 is 15.1 Å². The van der Waals surface area contributed by atoms with Gasteiger partial charge in [-0.1, -0.05) is 6.92 Å². The molecule has 0 saturated heterocycles. The molecule has 14 heavy (non-hydrogen) atoms. The lowest BCUT2D eigenvalue weighted by Crippen LogP contribution is -2.34. The fourth-order valence-corrected chi connectivity index (χ4v) is 1.19. The SMILES string of the molecule is CC(CN)C(=O)N(C)Cc1ccco1. The third kappa shape index (κ3) is 2.60. The number of amides is 1. The van der Waals surface area contributed by atoms with Crippen molar-refractivity contribution in [2.24, 2.45) is 11.7 Å². The van der Waals surface area contributed by atoms with Crippen molar-refractivity contribution in [3.63, 3.8) is 0 Å². The second-order valence-corrected chi connectivity index (χ2v) is 3.41. The van der Waals surface area contributed by atoms with E-state index in [-0.39, 0.29) is 11.8 Å². The highest BCUT2D eigenvalue weighted by Crippen LogP contribution is 2.06. The minimum Gasteiger partial charge on any atom is -0.467 e. The zero-order valence-corrected chi connectivity index (χ0v) is 8.56. The lowest BCUT2D eigenvalue weighted by Gasteiger charge is -2.19. The Bertz CT molecular complexity index is 282. The number of nitrogens with zero attached hydrogens (tertiary/aromatic N) is 1. The number of nitrogens with two attached hydrogens (primary N) is 1. The molecule has 1 rings (SSSR count). The molecule has 0 radical (unpaired) electrons. The van der Waals surface area contributed by atoms with Crippen molar-refractivity contribution in [3.8, 4) is 0 Å². The Morgan fingerprint density at radius 1 is 1.71 bits per heavy atom. The third-order valence-corrected chi connectivity index (χ3v) is 2.12. The topological polar surface area (TPSA) is 59.5 Å². The number of hydrogen-bond acceptors (Lipinski definition) is 3. The molecule has 1 aromatic heterocycles. The summed E-state index contributed by atoms with van der Waals surface area (Å²) in [5.74, 6) is 0.698. The van der Waals surface area contributed by atoms with Gasteiger partial charge in [0.2, 0.25) is 5.91 Å². The highest BCUT2D eigenvalue weighted by Gasteiger charge is 2.16. The molecular weight excluding hydrogens is 180 g/mol. The van der Waals surface area contributed by atoms with Gasteiger partial charge in [0.15, 0.2) is 0 Å². The van der Waals surface area contributed by atoms with Gasteiger partial charge in [0.05, 0.1) is 12.8 Å². The Labute approximate surface area is 83.7 Å². The molecule has 0 bridgehead atoms. The molecule has 2 N–H and O–H groups in total. The van der Waals surface area contributed by atoms with E-state index in [1.165, 1.54) is 0 Å². The fraction of sp³-hybridized carbons (Fsp3) is 0.500. The molecule has 4 heteroatoms. The lowest BCUT2D eigenvalue weighted by atomic mass is 10.1. The van der Waals surface area contributed by atoms with Crippen molar-refractivity contribution in [1.82, 2.24) is 4.90 Å². The van der Waals surface area contributed by atoms with Gasteiger partial charge in [0, 0.05) is 19.5 Å². The molecule has 1 amide bonds. The van der Waals surface area contributed by atoms with Crippen molar-refractivity contribution in [2.75, 3.05) is 13.6 Å². The maximum Gasteiger partial charge on any atom is 0.226 e. The quantitative estimate of drug-likeness (QED) is 0.776. The average molecular weight is 196 g/mol. The maximum absolute atomic E-state index is 11.6. The van der Waals surface area contributed by atoms with Gasteiger partial charge in [-0.3, -0.25) is 4.79 Å². The summed E-state index contributed by atoms with van der Waals surface area (Å²) < 4.78 is 5.14. The van der Waals surface area contributed by atoms with Crippen LogP contribution >= 0.6 is 0 Å². The van der Waals surface area contributed by atoms with Crippen LogP contribution < -0.4 is 5.73 Å². The third-order valence-electron chi connectivity index (χ3n) is 2.12. The summed E-state index contributed by atoms with van der Waals surface area (Å²) >= 11 is 0. The summed E-state index contributed by atoms with van der Waals surface area (Å²) in [5, 5.41) is 0. The number of carbonyl (C=O) groups excluding carboxylic acids is 1. The summed E-state index contributed by atoms with van der Waals surface area (Å²) in [6, 6.07) is 3.65. The van der Waals surface area contributed by atoms with E-state index >= 15 is 0 Å². The molecule has 0 aliphatic carbocycles. The van der Waals surface area contributed by atoms with Gasteiger partial charge in [-0.2, -0.15) is 0 Å². The lowest BCUT2D eigenvalue weighted by molar-refractivity contribution is -0.134. The van der Waals surface area contributed by atoms with Gasteiger partial charge in [0.25, 0.3) is 0 Å². The number of hydrogen-bond donors (Lipinski definition) is 1. The van der Waals surface area contributed by atoms with Crippen LogP contribution in [0.1, 0.15) is 12.7 Å². The molecule has 1 heterocycles. The van der Waals surface area contributed by atoms with Crippen LogP contribution in [0.25, 0.3) is 0 Å². The van der Waals surface area contributed by atoms with Crippen molar-refractivity contribution in [3.05, 3.63) is 24.2 Å². The van der Waals surface area contributed by atoms with E-state index in [4.69, 9.17) is 10.2 Å². The molecule has 0 aliphatic rings. The molecule has 0 aliphatic heterocycles. The molecule has 78 valence electrons. The van der Waals surface area contributed by atoms with Crippen molar-refractivity contribution in [1.29, 1.82) is 0 Å². The molecule has 1 atom stereocenters. The molecule has 0 fully saturated rings. The van der Waals surface area contributed by atoms with E-state index in [1.807, 2.05) is 13.0 Å². The predicted octanol–water partition coefficient (Wildman–Crippen LogP) is 0.833. The Morgan fingerprint density at radius 2 is 2.43 bits per heavy atom. The van der Waals surface area contributed by atoms with E-state index in [0.717, 1.165) is 5.76 Å². The van der Waals surface area contributed by atoms with E-state index in [9.17, 15) is 4.79 Å². The maximum atomic E-state index is 11.6. The second kappa shape index (κ2) is 4.81. The minimum absolute atomic E-state index is 0.0453. The summed E-state index contributed by atoms with van der Waals surface area (Å²) in [5.41, 5.74) is 5.41. The Morgan fingerprint density at radius 3 is 2.93 bits per heavy atom. The van der Waals surface area contributed by atoms with Gasteiger partial charge in [-0.15, -0.1) is 0 Å². The van der Waals surface area contributed by atoms with Crippen LogP contribution in [-0.2, 0) is 11.3 Å². The van der Waals surface area contributed by atoms with Gasteiger partial charge >= 0.3 is 0 Å². The monoisotopic (exact) mass is 196 g/mol. The summed E-state index contributed by atoms with van der Waals surface area (Å²) in [7, 11) is 1.75. The summed E-state index contributed by atoms with van der Waals surface area (Å²) in [6.45, 7) is 2.69. The van der Waals surface area contributed by atoms with Crippen LogP contribution in [0.15, 0.2) is 22.8 Å². The molecule has 1 aromatic rings. The minimum atomic E-state index is -0.130. The van der Waals surface area contributed by atoms with E-state index < -0.39 is 0 Å². The predicted molar refractivity (Wildman–Crippen MR) is 53.4 cm³/mol. The highest BCUT2D eigenvalue weighted by atomic mass is 16.3. The molecule has 1 unspecified atom stereocenters. The first-order valence-corrected chi connectivity index (χ1v) is 4.62. The first kappa shape index (κ1) is 10.8. The number of carbonyl (C=O) groups is 1. The average Bonchev–Trinajstić information content (AvgIpc) is 2.68. The van der Waals surface area contributed by atoms with Crippen molar-refractivity contribution < 1.29 is 9.21 Å². The molecular formula is C10H16N2O2. The van der Waals surface area contributed by atoms with Crippen LogP contribution in [0.4, 0.5) is 0 Å². The smallest absolute Gasteiger partial charge is 0.226 e. The van der Waals surface area contributed by atoms with Gasteiger partial charge in [-0.05, 0) is 12.1 Å². The summed E-state index contributed by atoms with van der Waals surface area (Å²) in [6.07, 6.45) is 1.60. The molecule has 0 aromatic carbocycles. The normalized spacial score (nSPS) is 12.5. The molecule has 0 spiro atoms. The second-order valence-electron chi connectivity index (χ2n) is 3.41. The van der Waals surface area contributed by atoms with Crippen LogP contribution in [0.5, 0.6) is 0 Å². The van der Waals surface area contributed by atoms with Crippen molar-refractivity contribution >= 4 is 5.91 Å². The van der Waals surface area contributed by atoms with Gasteiger partial charge in [0.1, 0.15) is 5.76 Å². The van der Waals surface area contributed by atoms with Crippen LogP contribution in [0, 0.1) is 5.92 Å². The van der Waals surface area contributed by atoms with Crippen LogP contribution in [-0.4, -0.2) is 24.4 Å². The molecule has 4 nitrogen and oxygen atoms in total. The van der Waals surface area contributed by atoms with Crippen molar-refractivity contribution in [2.45, 2.75) is 13.5 Å². The van der Waals surface area contributed by atoms with Crippen LogP contribution in [0.3, 0.4) is 0 Å². The van der Waals surface area contributed by atoms with Gasteiger partial charge in [-0.25, -0.2) is 0 Å². The Kier molecular flexibility index (Phi) is 3.71. The number of furan rings is 1. The molecule has 0 saturated carbocycles. The number of rotatable bonds is 4. The zero-order chi connectivity index (χ0) is 10.6. The van der Waals surface area contributed by atoms with E-state index in [0.29, 0.717) is 13.1 Å². The first-order chi connectivity index (χ1) is 6.65.